The first-order chi connectivity index (χ1) is 52.4. The molecule has 0 radical (unpaired) electrons. The summed E-state index contributed by atoms with van der Waals surface area (Å²) in [6, 6.07) is 122. The molecule has 18 aromatic rings. The average molecular weight is 1400 g/mol. The Labute approximate surface area is 635 Å². The number of para-hydroxylation sites is 4. The van der Waals surface area contributed by atoms with Gasteiger partial charge in [0.1, 0.15) is 0 Å². The molecular formula is C102H79BN4S. The molecule has 3 aliphatic heterocycles. The number of aromatic nitrogens is 2. The molecule has 516 valence electrons. The summed E-state index contributed by atoms with van der Waals surface area (Å²) < 4.78 is 7.59. The van der Waals surface area contributed by atoms with Crippen LogP contribution in [0, 0.1) is 0 Å². The Bertz CT molecular complexity index is 6320. The number of hydrogen-bond donors (Lipinski definition) is 0. The van der Waals surface area contributed by atoms with E-state index in [1.54, 1.807) is 0 Å². The van der Waals surface area contributed by atoms with Crippen molar-refractivity contribution in [1.82, 2.24) is 9.13 Å². The summed E-state index contributed by atoms with van der Waals surface area (Å²) in [6.45, 7) is 21.3. The van der Waals surface area contributed by atoms with Gasteiger partial charge in [-0.2, -0.15) is 0 Å². The van der Waals surface area contributed by atoms with E-state index in [-0.39, 0.29) is 23.0 Å². The van der Waals surface area contributed by atoms with Crippen molar-refractivity contribution in [2.75, 3.05) is 9.80 Å². The zero-order chi connectivity index (χ0) is 72.8. The largest absolute Gasteiger partial charge is 0.310 e. The van der Waals surface area contributed by atoms with Crippen molar-refractivity contribution < 1.29 is 0 Å². The maximum atomic E-state index is 2.76. The van der Waals surface area contributed by atoms with Crippen LogP contribution in [0.1, 0.15) is 79.0 Å². The van der Waals surface area contributed by atoms with Gasteiger partial charge < -0.3 is 18.9 Å². The Hall–Kier alpha value is -12.2. The highest BCUT2D eigenvalue weighted by Crippen LogP contribution is 2.57. The maximum absolute atomic E-state index is 2.76. The third-order valence-electron chi connectivity index (χ3n) is 23.6. The van der Waals surface area contributed by atoms with Crippen molar-refractivity contribution in [3.8, 4) is 78.1 Å². The molecule has 6 heterocycles. The van der Waals surface area contributed by atoms with Crippen molar-refractivity contribution in [2.45, 2.75) is 78.6 Å². The second kappa shape index (κ2) is 23.6. The van der Waals surface area contributed by atoms with Crippen LogP contribution in [0.2, 0.25) is 0 Å². The summed E-state index contributed by atoms with van der Waals surface area (Å²) in [5.41, 5.74) is 34.4. The smallest absolute Gasteiger partial charge is 0.252 e. The van der Waals surface area contributed by atoms with Crippen LogP contribution in [0.5, 0.6) is 0 Å². The monoisotopic (exact) mass is 1400 g/mol. The highest BCUT2D eigenvalue weighted by molar-refractivity contribution is 7.25. The molecule has 0 N–H and O–H groups in total. The minimum absolute atomic E-state index is 0.236. The summed E-state index contributed by atoms with van der Waals surface area (Å²) in [6.07, 6.45) is 0. The van der Waals surface area contributed by atoms with E-state index in [1.807, 2.05) is 11.3 Å². The molecule has 3 aliphatic rings. The minimum atomic E-state index is -0.351. The van der Waals surface area contributed by atoms with Gasteiger partial charge in [-0.1, -0.05) is 256 Å². The molecule has 0 fully saturated rings. The van der Waals surface area contributed by atoms with Crippen molar-refractivity contribution >= 4 is 132 Å². The molecule has 0 aliphatic carbocycles. The van der Waals surface area contributed by atoms with E-state index in [2.05, 4.69) is 397 Å². The van der Waals surface area contributed by atoms with Crippen LogP contribution in [0.25, 0.3) is 142 Å². The van der Waals surface area contributed by atoms with Crippen molar-refractivity contribution in [3.63, 3.8) is 0 Å². The lowest BCUT2D eigenvalue weighted by molar-refractivity contribution is 0.590. The molecule has 13 bridgehead atoms. The van der Waals surface area contributed by atoms with Crippen LogP contribution >= 0.6 is 11.3 Å². The lowest BCUT2D eigenvalue weighted by Crippen LogP contribution is -2.61. The van der Waals surface area contributed by atoms with E-state index in [1.165, 1.54) is 130 Å². The van der Waals surface area contributed by atoms with Gasteiger partial charge in [0.2, 0.25) is 0 Å². The predicted molar refractivity (Wildman–Crippen MR) is 464 cm³/mol. The van der Waals surface area contributed by atoms with Crippen LogP contribution < -0.4 is 26.2 Å². The molecule has 15 aromatic carbocycles. The second-order valence-electron chi connectivity index (χ2n) is 33.3. The van der Waals surface area contributed by atoms with Crippen LogP contribution in [0.3, 0.4) is 0 Å². The highest BCUT2D eigenvalue weighted by atomic mass is 32.1. The van der Waals surface area contributed by atoms with E-state index in [4.69, 9.17) is 0 Å². The quantitative estimate of drug-likeness (QED) is 0.163. The zero-order valence-corrected chi connectivity index (χ0v) is 63.1. The topological polar surface area (TPSA) is 16.3 Å². The molecule has 0 unspecified atom stereocenters. The van der Waals surface area contributed by atoms with Crippen LogP contribution in [-0.2, 0) is 16.2 Å². The third kappa shape index (κ3) is 9.89. The molecule has 0 saturated carbocycles. The Morgan fingerprint density at radius 2 is 0.574 bits per heavy atom. The number of benzene rings is 15. The average Bonchev–Trinajstić information content (AvgIpc) is 0.797. The van der Waals surface area contributed by atoms with Crippen LogP contribution in [0.4, 0.5) is 34.1 Å². The number of rotatable bonds is 4. The molecular weight excluding hydrogens is 1320 g/mol. The SMILES string of the molecule is CC(C)(C)c1cc(-c2ccccc2)c2c(c1)-c1cccc(c1)-c1ccc3sc4ccc(cc4c3c1)-c1cccc(c1)-c1cc(C(C)(C)C)cc(-c3ccccc3)c1N1c3cc(-n4c5ccccc5c5ccccc54)ccc3B3c4ccc(-n5c6ccccc6c6ccccc65)cc4N2c2cc(C(C)(C)C)cc1c23. The summed E-state index contributed by atoms with van der Waals surface area (Å²) >= 11 is 1.88. The molecule has 0 amide bonds. The third-order valence-corrected chi connectivity index (χ3v) is 24.8. The maximum Gasteiger partial charge on any atom is 0.252 e. The lowest BCUT2D eigenvalue weighted by atomic mass is 9.33. The first kappa shape index (κ1) is 64.2. The number of anilines is 6. The van der Waals surface area contributed by atoms with Crippen molar-refractivity contribution in [2.24, 2.45) is 0 Å². The van der Waals surface area contributed by atoms with Gasteiger partial charge >= 0.3 is 0 Å². The predicted octanol–water partition coefficient (Wildman–Crippen LogP) is 26.5. The fourth-order valence-corrected chi connectivity index (χ4v) is 19.2. The highest BCUT2D eigenvalue weighted by Gasteiger charge is 2.47. The van der Waals surface area contributed by atoms with Gasteiger partial charge in [-0.05, 0) is 215 Å². The van der Waals surface area contributed by atoms with Gasteiger partial charge in [-0.3, -0.25) is 0 Å². The molecule has 21 rings (SSSR count). The van der Waals surface area contributed by atoms with E-state index in [0.717, 1.165) is 78.9 Å². The summed E-state index contributed by atoms with van der Waals surface area (Å²) in [7, 11) is 0. The van der Waals surface area contributed by atoms with Gasteiger partial charge in [0.25, 0.3) is 6.71 Å². The molecule has 6 heteroatoms. The fraction of sp³-hybridized carbons (Fsp3) is 0.118. The standard InChI is InChI=1S/C102H79BN4S/c1-100(2,3)70-54-79(62-26-12-10-13-27-62)98-81(56-70)68-32-24-30-64(50-68)66-42-48-95-83(52-66)84-53-67(43-49-96(84)108-95)65-31-25-33-69(51-65)82-57-71(101(4,5)6)55-80(63-28-14-11-15-29-63)99(82)107-92-61-74(105-89-40-22-18-36-77(89)78-37-19-23-41-90(78)105)45-47-86(92)103-85-46-44-73(104-87-38-20-16-34-75(87)76-35-17-21-39-88(76)104)60-91(85)106(98)93-58-72(102(7,8)9)59-94(107)97(93)103/h10-61H,1-9H3. The minimum Gasteiger partial charge on any atom is -0.310 e. The first-order valence-electron chi connectivity index (χ1n) is 38.1. The number of thiophene rings is 1. The van der Waals surface area contributed by atoms with E-state index in [0.29, 0.717) is 0 Å². The normalized spacial score (nSPS) is 13.2. The first-order valence-corrected chi connectivity index (χ1v) is 39.0. The molecule has 108 heavy (non-hydrogen) atoms. The Kier molecular flexibility index (Phi) is 14.1. The van der Waals surface area contributed by atoms with Crippen molar-refractivity contribution in [1.29, 1.82) is 0 Å². The van der Waals surface area contributed by atoms with E-state index >= 15 is 0 Å². The van der Waals surface area contributed by atoms with Gasteiger partial charge in [0.05, 0.1) is 33.4 Å². The van der Waals surface area contributed by atoms with Gasteiger partial charge in [0.15, 0.2) is 0 Å². The molecule has 0 spiro atoms. The van der Waals surface area contributed by atoms with Gasteiger partial charge in [-0.15, -0.1) is 11.3 Å². The number of nitrogens with zero attached hydrogens (tertiary/aromatic N) is 4. The molecule has 0 saturated heterocycles. The van der Waals surface area contributed by atoms with Gasteiger partial charge in [-0.25, -0.2) is 0 Å². The molecule has 3 aromatic heterocycles. The Morgan fingerprint density at radius 1 is 0.250 bits per heavy atom. The van der Waals surface area contributed by atoms with Crippen LogP contribution in [0.15, 0.2) is 315 Å². The van der Waals surface area contributed by atoms with Crippen LogP contribution in [-0.4, -0.2) is 15.8 Å². The molecule has 0 atom stereocenters. The fourth-order valence-electron chi connectivity index (χ4n) is 18.2. The van der Waals surface area contributed by atoms with E-state index in [9.17, 15) is 0 Å². The van der Waals surface area contributed by atoms with Crippen molar-refractivity contribution in [3.05, 3.63) is 332 Å². The van der Waals surface area contributed by atoms with E-state index < -0.39 is 0 Å². The summed E-state index contributed by atoms with van der Waals surface area (Å²) in [4.78, 5) is 5.52. The Balaban J connectivity index is 0.983. The number of fused-ring (bicyclic) bond motifs is 26. The summed E-state index contributed by atoms with van der Waals surface area (Å²) in [5, 5.41) is 7.45. The second-order valence-corrected chi connectivity index (χ2v) is 34.3. The van der Waals surface area contributed by atoms with Gasteiger partial charge in [0, 0.05) is 98.1 Å². The zero-order valence-electron chi connectivity index (χ0n) is 62.3. The number of hydrogen-bond acceptors (Lipinski definition) is 3. The summed E-state index contributed by atoms with van der Waals surface area (Å²) in [5.74, 6) is 0. The molecule has 4 nitrogen and oxygen atoms in total. The lowest BCUT2D eigenvalue weighted by Gasteiger charge is -2.47. The Morgan fingerprint density at radius 3 is 0.954 bits per heavy atom.